The van der Waals surface area contributed by atoms with Crippen molar-refractivity contribution in [2.45, 2.75) is 19.3 Å². The zero-order chi connectivity index (χ0) is 41.4. The molecular formula is C60H42N2. The number of benzene rings is 10. The highest BCUT2D eigenvalue weighted by atomic mass is 15.2. The topological polar surface area (TPSA) is 16.1 Å². The first-order valence-corrected chi connectivity index (χ1v) is 21.5. The van der Waals surface area contributed by atoms with Crippen LogP contribution in [0, 0.1) is 0 Å². The Bertz CT molecular complexity index is 3530. The SMILES string of the molecule is CC1(C)c2ccccc2-c2ccc(N(c3ccc4c(c3)c3ccccc3c3c(-c5ccccc5)cc(-c5ccccc5)c(-c5ccccc5)c43)c3ccc4ccccc4n3)cc21. The number of para-hydroxylation sites is 1. The second-order valence-corrected chi connectivity index (χ2v) is 17.1. The number of hydrogen-bond acceptors (Lipinski definition) is 2. The van der Waals surface area contributed by atoms with Gasteiger partial charge in [0.1, 0.15) is 5.82 Å². The minimum absolute atomic E-state index is 0.149. The van der Waals surface area contributed by atoms with E-state index in [9.17, 15) is 0 Å². The number of nitrogens with zero attached hydrogens (tertiary/aromatic N) is 2. The van der Waals surface area contributed by atoms with Gasteiger partial charge in [-0.05, 0) is 136 Å². The molecule has 10 aromatic carbocycles. The Morgan fingerprint density at radius 3 is 1.73 bits per heavy atom. The van der Waals surface area contributed by atoms with E-state index in [1.807, 2.05) is 0 Å². The van der Waals surface area contributed by atoms with E-state index >= 15 is 0 Å². The summed E-state index contributed by atoms with van der Waals surface area (Å²) in [4.78, 5) is 7.72. The van der Waals surface area contributed by atoms with Crippen LogP contribution in [-0.2, 0) is 5.41 Å². The highest BCUT2D eigenvalue weighted by Gasteiger charge is 2.36. The molecule has 1 aliphatic carbocycles. The summed E-state index contributed by atoms with van der Waals surface area (Å²) >= 11 is 0. The van der Waals surface area contributed by atoms with Gasteiger partial charge >= 0.3 is 0 Å². The fourth-order valence-corrected chi connectivity index (χ4v) is 10.3. The van der Waals surface area contributed by atoms with Crippen LogP contribution in [0.2, 0.25) is 0 Å². The number of rotatable bonds is 6. The number of pyridine rings is 1. The Hall–Kier alpha value is -7.81. The van der Waals surface area contributed by atoms with Crippen LogP contribution in [0.3, 0.4) is 0 Å². The van der Waals surface area contributed by atoms with Crippen LogP contribution in [0.15, 0.2) is 218 Å². The lowest BCUT2D eigenvalue weighted by Crippen LogP contribution is -2.17. The molecule has 0 spiro atoms. The molecule has 0 atom stereocenters. The van der Waals surface area contributed by atoms with E-state index in [-0.39, 0.29) is 5.41 Å². The average Bonchev–Trinajstić information content (AvgIpc) is 3.57. The van der Waals surface area contributed by atoms with Gasteiger partial charge in [-0.1, -0.05) is 184 Å². The molecule has 2 nitrogen and oxygen atoms in total. The summed E-state index contributed by atoms with van der Waals surface area (Å²) in [6.07, 6.45) is 0. The molecule has 0 saturated heterocycles. The molecule has 1 aliphatic rings. The molecule has 0 unspecified atom stereocenters. The van der Waals surface area contributed by atoms with Crippen LogP contribution < -0.4 is 4.90 Å². The van der Waals surface area contributed by atoms with Crippen molar-refractivity contribution in [2.75, 3.05) is 4.90 Å². The molecule has 2 heteroatoms. The summed E-state index contributed by atoms with van der Waals surface area (Å²) in [5.74, 6) is 0.879. The summed E-state index contributed by atoms with van der Waals surface area (Å²) in [6, 6.07) is 79.9. The van der Waals surface area contributed by atoms with Crippen molar-refractivity contribution < 1.29 is 0 Å². The van der Waals surface area contributed by atoms with Gasteiger partial charge in [0.15, 0.2) is 0 Å². The molecule has 0 N–H and O–H groups in total. The lowest BCUT2D eigenvalue weighted by molar-refractivity contribution is 0.660. The quantitative estimate of drug-likeness (QED) is 0.156. The second kappa shape index (κ2) is 14.1. The zero-order valence-electron chi connectivity index (χ0n) is 34.7. The second-order valence-electron chi connectivity index (χ2n) is 17.1. The highest BCUT2D eigenvalue weighted by molar-refractivity contribution is 6.33. The Kier molecular flexibility index (Phi) is 8.23. The van der Waals surface area contributed by atoms with E-state index in [0.29, 0.717) is 0 Å². The van der Waals surface area contributed by atoms with Gasteiger partial charge in [0.2, 0.25) is 0 Å². The van der Waals surface area contributed by atoms with E-state index in [2.05, 4.69) is 237 Å². The van der Waals surface area contributed by atoms with Crippen LogP contribution in [0.1, 0.15) is 25.0 Å². The third-order valence-electron chi connectivity index (χ3n) is 13.2. The molecule has 292 valence electrons. The first-order chi connectivity index (χ1) is 30.5. The van der Waals surface area contributed by atoms with Crippen molar-refractivity contribution >= 4 is 60.4 Å². The predicted octanol–water partition coefficient (Wildman–Crippen LogP) is 16.5. The Balaban J connectivity index is 1.19. The van der Waals surface area contributed by atoms with Crippen LogP contribution in [0.5, 0.6) is 0 Å². The van der Waals surface area contributed by atoms with Crippen LogP contribution in [0.25, 0.3) is 87.7 Å². The van der Waals surface area contributed by atoms with Crippen molar-refractivity contribution in [3.63, 3.8) is 0 Å². The van der Waals surface area contributed by atoms with Gasteiger partial charge in [-0.25, -0.2) is 4.98 Å². The maximum atomic E-state index is 5.36. The molecule has 0 amide bonds. The van der Waals surface area contributed by atoms with Gasteiger partial charge in [-0.2, -0.15) is 0 Å². The van der Waals surface area contributed by atoms with E-state index < -0.39 is 0 Å². The molecule has 62 heavy (non-hydrogen) atoms. The molecular weight excluding hydrogens is 749 g/mol. The molecule has 0 radical (unpaired) electrons. The van der Waals surface area contributed by atoms with E-state index in [1.54, 1.807) is 0 Å². The van der Waals surface area contributed by atoms with Crippen molar-refractivity contribution in [1.29, 1.82) is 0 Å². The molecule has 1 aromatic heterocycles. The van der Waals surface area contributed by atoms with E-state index in [4.69, 9.17) is 4.98 Å². The molecule has 0 saturated carbocycles. The standard InChI is InChI=1S/C60H42N2/c1-60(2)53-28-16-15-26-46(53)47-33-31-44(37-54(47)60)62(56-35-30-41-22-12-17-29-55(41)61-56)43-32-34-49-52(36-43)45-25-13-14-27-48(45)58-51(40-20-8-4-9-21-40)38-50(39-18-6-3-7-19-39)57(59(49)58)42-23-10-5-11-24-42/h3-38H,1-2H3. The molecule has 12 rings (SSSR count). The predicted molar refractivity (Wildman–Crippen MR) is 263 cm³/mol. The number of fused-ring (bicyclic) bond motifs is 10. The minimum atomic E-state index is -0.149. The summed E-state index contributed by atoms with van der Waals surface area (Å²) in [7, 11) is 0. The number of aromatic nitrogens is 1. The maximum Gasteiger partial charge on any atom is 0.138 e. The molecule has 11 aromatic rings. The third kappa shape index (κ3) is 5.61. The van der Waals surface area contributed by atoms with E-state index in [0.717, 1.165) is 28.1 Å². The smallest absolute Gasteiger partial charge is 0.138 e. The zero-order valence-corrected chi connectivity index (χ0v) is 34.7. The van der Waals surface area contributed by atoms with Crippen LogP contribution in [-0.4, -0.2) is 4.98 Å². The minimum Gasteiger partial charge on any atom is -0.295 e. The molecule has 0 fully saturated rings. The Morgan fingerprint density at radius 1 is 0.371 bits per heavy atom. The third-order valence-corrected chi connectivity index (χ3v) is 13.2. The fraction of sp³-hybridized carbons (Fsp3) is 0.0500. The molecule has 0 bridgehead atoms. The number of hydrogen-bond donors (Lipinski definition) is 0. The molecule has 0 aliphatic heterocycles. The average molecular weight is 791 g/mol. The van der Waals surface area contributed by atoms with Crippen molar-refractivity contribution in [3.05, 3.63) is 230 Å². The lowest BCUT2D eigenvalue weighted by Gasteiger charge is -2.28. The van der Waals surface area contributed by atoms with Gasteiger partial charge in [0.05, 0.1) is 5.52 Å². The monoisotopic (exact) mass is 790 g/mol. The Labute approximate surface area is 362 Å². The van der Waals surface area contributed by atoms with Gasteiger partial charge in [0, 0.05) is 22.2 Å². The summed E-state index contributed by atoms with van der Waals surface area (Å²) < 4.78 is 0. The summed E-state index contributed by atoms with van der Waals surface area (Å²) in [5, 5.41) is 8.50. The summed E-state index contributed by atoms with van der Waals surface area (Å²) in [5.41, 5.74) is 15.5. The van der Waals surface area contributed by atoms with Crippen molar-refractivity contribution in [3.8, 4) is 44.5 Å². The van der Waals surface area contributed by atoms with Crippen molar-refractivity contribution in [1.82, 2.24) is 4.98 Å². The van der Waals surface area contributed by atoms with Gasteiger partial charge < -0.3 is 0 Å². The van der Waals surface area contributed by atoms with Gasteiger partial charge in [-0.15, -0.1) is 0 Å². The first-order valence-electron chi connectivity index (χ1n) is 21.5. The maximum absolute atomic E-state index is 5.36. The van der Waals surface area contributed by atoms with Crippen molar-refractivity contribution in [2.24, 2.45) is 0 Å². The Morgan fingerprint density at radius 2 is 0.952 bits per heavy atom. The largest absolute Gasteiger partial charge is 0.295 e. The van der Waals surface area contributed by atoms with Crippen LogP contribution >= 0.6 is 0 Å². The summed E-state index contributed by atoms with van der Waals surface area (Å²) in [6.45, 7) is 4.70. The normalized spacial score (nSPS) is 12.8. The van der Waals surface area contributed by atoms with Gasteiger partial charge in [-0.3, -0.25) is 4.90 Å². The number of anilines is 3. The lowest BCUT2D eigenvalue weighted by atomic mass is 9.81. The van der Waals surface area contributed by atoms with E-state index in [1.165, 1.54) is 88.0 Å². The first kappa shape index (κ1) is 36.1. The van der Waals surface area contributed by atoms with Crippen LogP contribution in [0.4, 0.5) is 17.2 Å². The molecule has 1 heterocycles. The fourth-order valence-electron chi connectivity index (χ4n) is 10.3. The highest BCUT2D eigenvalue weighted by Crippen LogP contribution is 2.52. The van der Waals surface area contributed by atoms with Gasteiger partial charge in [0.25, 0.3) is 0 Å².